The Hall–Kier alpha value is -0.0900. The molecule has 0 saturated carbocycles. The van der Waals surface area contributed by atoms with Crippen LogP contribution in [0, 0.1) is 6.92 Å². The van der Waals surface area contributed by atoms with Crippen LogP contribution in [0.2, 0.25) is 5.02 Å². The molecule has 2 rings (SSSR count). The van der Waals surface area contributed by atoms with E-state index in [0.717, 1.165) is 36.6 Å². The van der Waals surface area contributed by atoms with Gasteiger partial charge in [-0.3, -0.25) is 4.90 Å². The maximum atomic E-state index is 6.25. The molecule has 1 fully saturated rings. The van der Waals surface area contributed by atoms with Crippen LogP contribution in [0.25, 0.3) is 0 Å². The van der Waals surface area contributed by atoms with Gasteiger partial charge in [-0.2, -0.15) is 0 Å². The van der Waals surface area contributed by atoms with Crippen LogP contribution in [0.15, 0.2) is 18.2 Å². The largest absolute Gasteiger partial charge is 0.375 e. The molecule has 1 aliphatic heterocycles. The molecule has 0 amide bonds. The van der Waals surface area contributed by atoms with Crippen LogP contribution in [0.4, 0.5) is 0 Å². The van der Waals surface area contributed by atoms with Gasteiger partial charge >= 0.3 is 0 Å². The number of nitrogens with zero attached hydrogens (tertiary/aromatic N) is 1. The fourth-order valence-electron chi connectivity index (χ4n) is 2.04. The number of benzene rings is 1. The molecule has 0 N–H and O–H groups in total. The molecular formula is C13H17BrClNO. The van der Waals surface area contributed by atoms with Crippen LogP contribution >= 0.6 is 27.5 Å². The molecule has 0 spiro atoms. The molecule has 0 aliphatic carbocycles. The summed E-state index contributed by atoms with van der Waals surface area (Å²) in [6.07, 6.45) is 0.299. The number of hydrogen-bond acceptors (Lipinski definition) is 2. The average Bonchev–Trinajstić information content (AvgIpc) is 2.33. The predicted octanol–water partition coefficient (Wildman–Crippen LogP) is 3.24. The first-order valence-electron chi connectivity index (χ1n) is 5.84. The van der Waals surface area contributed by atoms with Crippen molar-refractivity contribution in [3.05, 3.63) is 34.3 Å². The minimum atomic E-state index is 0.299. The lowest BCUT2D eigenvalue weighted by Gasteiger charge is -2.32. The van der Waals surface area contributed by atoms with Crippen molar-refractivity contribution in [3.8, 4) is 0 Å². The fourth-order valence-corrected chi connectivity index (χ4v) is 2.73. The van der Waals surface area contributed by atoms with E-state index in [2.05, 4.69) is 39.9 Å². The molecule has 1 aliphatic rings. The number of rotatable bonds is 3. The maximum Gasteiger partial charge on any atom is 0.0799 e. The minimum Gasteiger partial charge on any atom is -0.375 e. The lowest BCUT2D eigenvalue weighted by molar-refractivity contribution is -0.0181. The lowest BCUT2D eigenvalue weighted by Crippen LogP contribution is -2.42. The van der Waals surface area contributed by atoms with Crippen molar-refractivity contribution in [1.29, 1.82) is 0 Å². The molecule has 0 bridgehead atoms. The summed E-state index contributed by atoms with van der Waals surface area (Å²) in [5.74, 6) is 0. The molecule has 0 aromatic heterocycles. The summed E-state index contributed by atoms with van der Waals surface area (Å²) in [6.45, 7) is 5.72. The van der Waals surface area contributed by atoms with Gasteiger partial charge in [-0.1, -0.05) is 39.7 Å². The highest BCUT2D eigenvalue weighted by Gasteiger charge is 2.19. The standard InChI is InChI=1S/C13H17BrClNO/c1-10-2-3-11(13(15)6-10)8-16-4-5-17-12(7-14)9-16/h2-3,6,12H,4-5,7-9H2,1H3. The number of morpholine rings is 1. The van der Waals surface area contributed by atoms with Crippen LogP contribution in [0.1, 0.15) is 11.1 Å². The van der Waals surface area contributed by atoms with Crippen molar-refractivity contribution >= 4 is 27.5 Å². The van der Waals surface area contributed by atoms with Gasteiger partial charge < -0.3 is 4.74 Å². The van der Waals surface area contributed by atoms with Crippen LogP contribution in [-0.2, 0) is 11.3 Å². The lowest BCUT2D eigenvalue weighted by atomic mass is 10.1. The minimum absolute atomic E-state index is 0.299. The molecule has 94 valence electrons. The average molecular weight is 319 g/mol. The molecular weight excluding hydrogens is 302 g/mol. The molecule has 1 saturated heterocycles. The number of halogens is 2. The van der Waals surface area contributed by atoms with Crippen molar-refractivity contribution in [2.24, 2.45) is 0 Å². The van der Waals surface area contributed by atoms with E-state index in [1.165, 1.54) is 11.1 Å². The Bertz CT molecular complexity index is 386. The van der Waals surface area contributed by atoms with E-state index < -0.39 is 0 Å². The van der Waals surface area contributed by atoms with Crippen LogP contribution in [0.5, 0.6) is 0 Å². The Morgan fingerprint density at radius 1 is 1.53 bits per heavy atom. The monoisotopic (exact) mass is 317 g/mol. The highest BCUT2D eigenvalue weighted by atomic mass is 79.9. The Balaban J connectivity index is 2.00. The number of ether oxygens (including phenoxy) is 1. The van der Waals surface area contributed by atoms with Crippen molar-refractivity contribution in [1.82, 2.24) is 4.90 Å². The van der Waals surface area contributed by atoms with Gasteiger partial charge in [-0.05, 0) is 24.1 Å². The highest BCUT2D eigenvalue weighted by molar-refractivity contribution is 9.09. The summed E-state index contributed by atoms with van der Waals surface area (Å²) < 4.78 is 5.62. The zero-order chi connectivity index (χ0) is 12.3. The number of alkyl halides is 1. The van der Waals surface area contributed by atoms with E-state index >= 15 is 0 Å². The first kappa shape index (κ1) is 13.3. The topological polar surface area (TPSA) is 12.5 Å². The van der Waals surface area contributed by atoms with Gasteiger partial charge in [0.2, 0.25) is 0 Å². The van der Waals surface area contributed by atoms with Crippen molar-refractivity contribution in [2.75, 3.05) is 25.0 Å². The molecule has 0 radical (unpaired) electrons. The normalized spacial score (nSPS) is 21.7. The Morgan fingerprint density at radius 2 is 2.35 bits per heavy atom. The van der Waals surface area contributed by atoms with E-state index in [4.69, 9.17) is 16.3 Å². The van der Waals surface area contributed by atoms with E-state index in [1.807, 2.05) is 6.07 Å². The summed E-state index contributed by atoms with van der Waals surface area (Å²) in [5.41, 5.74) is 2.41. The summed E-state index contributed by atoms with van der Waals surface area (Å²) in [6, 6.07) is 6.26. The first-order chi connectivity index (χ1) is 8.19. The molecule has 17 heavy (non-hydrogen) atoms. The van der Waals surface area contributed by atoms with Crippen LogP contribution in [0.3, 0.4) is 0 Å². The van der Waals surface area contributed by atoms with Crippen molar-refractivity contribution in [2.45, 2.75) is 19.6 Å². The molecule has 2 nitrogen and oxygen atoms in total. The Morgan fingerprint density at radius 3 is 3.06 bits per heavy atom. The van der Waals surface area contributed by atoms with Crippen LogP contribution < -0.4 is 0 Å². The summed E-state index contributed by atoms with van der Waals surface area (Å²) in [5, 5.41) is 1.76. The zero-order valence-electron chi connectivity index (χ0n) is 9.96. The van der Waals surface area contributed by atoms with Crippen molar-refractivity contribution in [3.63, 3.8) is 0 Å². The number of hydrogen-bond donors (Lipinski definition) is 0. The molecule has 4 heteroatoms. The van der Waals surface area contributed by atoms with E-state index in [9.17, 15) is 0 Å². The summed E-state index contributed by atoms with van der Waals surface area (Å²) >= 11 is 9.72. The van der Waals surface area contributed by atoms with Gasteiger partial charge in [0.05, 0.1) is 12.7 Å². The number of aryl methyl sites for hydroxylation is 1. The third kappa shape index (κ3) is 3.68. The van der Waals surface area contributed by atoms with Gasteiger partial charge in [-0.15, -0.1) is 0 Å². The molecule has 1 heterocycles. The van der Waals surface area contributed by atoms with E-state index in [-0.39, 0.29) is 0 Å². The second-order valence-corrected chi connectivity index (χ2v) is 5.53. The molecule has 1 aromatic carbocycles. The maximum absolute atomic E-state index is 6.25. The Labute approximate surface area is 116 Å². The quantitative estimate of drug-likeness (QED) is 0.793. The van der Waals surface area contributed by atoms with Crippen LogP contribution in [-0.4, -0.2) is 36.0 Å². The highest BCUT2D eigenvalue weighted by Crippen LogP contribution is 2.20. The molecule has 1 unspecified atom stereocenters. The SMILES string of the molecule is Cc1ccc(CN2CCOC(CBr)C2)c(Cl)c1. The van der Waals surface area contributed by atoms with Gasteiger partial charge in [0, 0.05) is 30.0 Å². The molecule has 1 atom stereocenters. The third-order valence-electron chi connectivity index (χ3n) is 3.00. The molecule has 1 aromatic rings. The predicted molar refractivity (Wildman–Crippen MR) is 75.0 cm³/mol. The Kier molecular flexibility index (Phi) is 4.86. The van der Waals surface area contributed by atoms with E-state index in [0.29, 0.717) is 6.10 Å². The van der Waals surface area contributed by atoms with Gasteiger partial charge in [0.15, 0.2) is 0 Å². The summed E-state index contributed by atoms with van der Waals surface area (Å²) in [4.78, 5) is 2.39. The van der Waals surface area contributed by atoms with Crippen molar-refractivity contribution < 1.29 is 4.74 Å². The third-order valence-corrected chi connectivity index (χ3v) is 4.07. The second kappa shape index (κ2) is 6.19. The zero-order valence-corrected chi connectivity index (χ0v) is 12.3. The summed E-state index contributed by atoms with van der Waals surface area (Å²) in [7, 11) is 0. The van der Waals surface area contributed by atoms with E-state index in [1.54, 1.807) is 0 Å². The second-order valence-electron chi connectivity index (χ2n) is 4.48. The smallest absolute Gasteiger partial charge is 0.0799 e. The van der Waals surface area contributed by atoms with Gasteiger partial charge in [0.25, 0.3) is 0 Å². The fraction of sp³-hybridized carbons (Fsp3) is 0.538. The first-order valence-corrected chi connectivity index (χ1v) is 7.34. The van der Waals surface area contributed by atoms with Gasteiger partial charge in [-0.25, -0.2) is 0 Å². The van der Waals surface area contributed by atoms with Gasteiger partial charge in [0.1, 0.15) is 0 Å².